The average Bonchev–Trinajstić information content (AvgIpc) is 2.65. The second-order valence-corrected chi connectivity index (χ2v) is 9.48. The van der Waals surface area contributed by atoms with Crippen molar-refractivity contribution in [1.29, 1.82) is 0 Å². The van der Waals surface area contributed by atoms with Gasteiger partial charge in [0.1, 0.15) is 0 Å². The molecule has 0 aliphatic rings. The fourth-order valence-corrected chi connectivity index (χ4v) is 3.81. The molecule has 2 aromatic rings. The number of carbonyl (C=O) groups is 2. The van der Waals surface area contributed by atoms with E-state index in [2.05, 4.69) is 5.32 Å². The Morgan fingerprint density at radius 1 is 0.967 bits per heavy atom. The number of sulfonamides is 2. The summed E-state index contributed by atoms with van der Waals surface area (Å²) in [7, 11) is -7.76. The van der Waals surface area contributed by atoms with Crippen LogP contribution in [-0.2, 0) is 36.0 Å². The van der Waals surface area contributed by atoms with Gasteiger partial charge in [-0.15, -0.1) is 0 Å². The van der Waals surface area contributed by atoms with Gasteiger partial charge in [0.25, 0.3) is 5.91 Å². The van der Waals surface area contributed by atoms with Crippen molar-refractivity contribution in [2.45, 2.75) is 23.1 Å². The zero-order valence-corrected chi connectivity index (χ0v) is 17.6. The van der Waals surface area contributed by atoms with Crippen LogP contribution >= 0.6 is 0 Å². The highest BCUT2D eigenvalue weighted by Gasteiger charge is 2.17. The zero-order valence-electron chi connectivity index (χ0n) is 16.0. The molecule has 0 radical (unpaired) electrons. The van der Waals surface area contributed by atoms with Crippen LogP contribution in [0, 0.1) is 6.92 Å². The lowest BCUT2D eigenvalue weighted by molar-refractivity contribution is -0.124. The van der Waals surface area contributed by atoms with E-state index in [1.54, 1.807) is 12.1 Å². The molecule has 0 heterocycles. The maximum Gasteiger partial charge on any atom is 0.338 e. The molecule has 30 heavy (non-hydrogen) atoms. The summed E-state index contributed by atoms with van der Waals surface area (Å²) in [6, 6.07) is 9.76. The Morgan fingerprint density at radius 3 is 2.17 bits per heavy atom. The molecule has 0 aliphatic heterocycles. The standard InChI is InChI=1S/C18H21N3O7S2/c1-12-2-5-14(10-16(12)30(20,26)27)18(23)28-11-17(22)21-9-8-13-3-6-15(7-4-13)29(19,24)25/h2-7,10H,8-9,11H2,1H3,(H,21,22)(H2,19,24,25)(H2,20,26,27). The molecule has 162 valence electrons. The largest absolute Gasteiger partial charge is 0.452 e. The maximum absolute atomic E-state index is 12.1. The third kappa shape index (κ3) is 6.62. The van der Waals surface area contributed by atoms with E-state index < -0.39 is 38.5 Å². The molecule has 10 nitrogen and oxygen atoms in total. The lowest BCUT2D eigenvalue weighted by Crippen LogP contribution is -2.30. The van der Waals surface area contributed by atoms with Gasteiger partial charge >= 0.3 is 5.97 Å². The predicted molar refractivity (Wildman–Crippen MR) is 107 cm³/mol. The van der Waals surface area contributed by atoms with Crippen LogP contribution in [0.15, 0.2) is 52.3 Å². The summed E-state index contributed by atoms with van der Waals surface area (Å²) < 4.78 is 50.3. The molecule has 0 bridgehead atoms. The highest BCUT2D eigenvalue weighted by Crippen LogP contribution is 2.16. The third-order valence-electron chi connectivity index (χ3n) is 4.05. The molecule has 0 saturated carbocycles. The van der Waals surface area contributed by atoms with Crippen molar-refractivity contribution < 1.29 is 31.2 Å². The molecule has 0 spiro atoms. The van der Waals surface area contributed by atoms with Crippen LogP contribution in [0.5, 0.6) is 0 Å². The van der Waals surface area contributed by atoms with Gasteiger partial charge in [0.15, 0.2) is 6.61 Å². The Kier molecular flexibility index (Phi) is 7.31. The summed E-state index contributed by atoms with van der Waals surface area (Å²) in [4.78, 5) is 23.7. The van der Waals surface area contributed by atoms with Crippen LogP contribution in [0.2, 0.25) is 0 Å². The number of benzene rings is 2. The number of aryl methyl sites for hydroxylation is 1. The summed E-state index contributed by atoms with van der Waals surface area (Å²) in [5.74, 6) is -1.42. The average molecular weight is 456 g/mol. The van der Waals surface area contributed by atoms with Gasteiger partial charge < -0.3 is 10.1 Å². The summed E-state index contributed by atoms with van der Waals surface area (Å²) in [6.45, 7) is 1.21. The molecular weight excluding hydrogens is 434 g/mol. The summed E-state index contributed by atoms with van der Waals surface area (Å²) >= 11 is 0. The highest BCUT2D eigenvalue weighted by molar-refractivity contribution is 7.89. The van der Waals surface area contributed by atoms with Gasteiger partial charge in [-0.2, -0.15) is 0 Å². The Hall–Kier alpha value is -2.80. The Balaban J connectivity index is 1.84. The minimum Gasteiger partial charge on any atom is -0.452 e. The number of primary sulfonamides is 2. The topological polar surface area (TPSA) is 176 Å². The van der Waals surface area contributed by atoms with E-state index in [1.165, 1.54) is 31.2 Å². The van der Waals surface area contributed by atoms with E-state index in [1.807, 2.05) is 0 Å². The van der Waals surface area contributed by atoms with Crippen LogP contribution < -0.4 is 15.6 Å². The third-order valence-corrected chi connectivity index (χ3v) is 6.03. The fourth-order valence-electron chi connectivity index (χ4n) is 2.49. The fraction of sp³-hybridized carbons (Fsp3) is 0.222. The Bertz CT molecular complexity index is 1160. The molecule has 0 aromatic heterocycles. The molecule has 12 heteroatoms. The SMILES string of the molecule is Cc1ccc(C(=O)OCC(=O)NCCc2ccc(S(N)(=O)=O)cc2)cc1S(N)(=O)=O. The lowest BCUT2D eigenvalue weighted by atomic mass is 10.1. The minimum atomic E-state index is -4.00. The molecule has 0 unspecified atom stereocenters. The van der Waals surface area contributed by atoms with E-state index in [4.69, 9.17) is 15.0 Å². The molecule has 0 atom stereocenters. The molecule has 0 aliphatic carbocycles. The number of hydrogen-bond donors (Lipinski definition) is 3. The number of hydrogen-bond acceptors (Lipinski definition) is 7. The molecule has 1 amide bonds. The van der Waals surface area contributed by atoms with E-state index in [-0.39, 0.29) is 21.9 Å². The van der Waals surface area contributed by atoms with Gasteiger partial charge in [0.2, 0.25) is 20.0 Å². The molecule has 2 rings (SSSR count). The van der Waals surface area contributed by atoms with E-state index in [9.17, 15) is 26.4 Å². The normalized spacial score (nSPS) is 11.7. The maximum atomic E-state index is 12.1. The second kappa shape index (κ2) is 9.34. The van der Waals surface area contributed by atoms with Gasteiger partial charge in [-0.25, -0.2) is 31.9 Å². The number of rotatable bonds is 8. The highest BCUT2D eigenvalue weighted by atomic mass is 32.2. The van der Waals surface area contributed by atoms with Crippen molar-refractivity contribution in [1.82, 2.24) is 5.32 Å². The Labute approximate surface area is 174 Å². The van der Waals surface area contributed by atoms with Gasteiger partial charge in [-0.1, -0.05) is 18.2 Å². The van der Waals surface area contributed by atoms with Gasteiger partial charge in [0, 0.05) is 6.54 Å². The van der Waals surface area contributed by atoms with E-state index in [0.29, 0.717) is 12.0 Å². The lowest BCUT2D eigenvalue weighted by Gasteiger charge is -2.09. The summed E-state index contributed by atoms with van der Waals surface area (Å²) in [5, 5.41) is 12.7. The summed E-state index contributed by atoms with van der Waals surface area (Å²) in [5.41, 5.74) is 1.10. The molecule has 0 saturated heterocycles. The Morgan fingerprint density at radius 2 is 1.60 bits per heavy atom. The smallest absolute Gasteiger partial charge is 0.338 e. The van der Waals surface area contributed by atoms with Crippen molar-refractivity contribution in [3.63, 3.8) is 0 Å². The molecule has 5 N–H and O–H groups in total. The molecule has 0 fully saturated rings. The second-order valence-electron chi connectivity index (χ2n) is 6.39. The van der Waals surface area contributed by atoms with Crippen LogP contribution in [0.25, 0.3) is 0 Å². The van der Waals surface area contributed by atoms with E-state index in [0.717, 1.165) is 11.6 Å². The molecule has 2 aromatic carbocycles. The zero-order chi connectivity index (χ0) is 22.5. The predicted octanol–water partition coefficient (Wildman–Crippen LogP) is -0.194. The van der Waals surface area contributed by atoms with Crippen molar-refractivity contribution in [2.24, 2.45) is 10.3 Å². The van der Waals surface area contributed by atoms with Gasteiger partial charge in [-0.05, 0) is 48.7 Å². The monoisotopic (exact) mass is 455 g/mol. The van der Waals surface area contributed by atoms with E-state index >= 15 is 0 Å². The number of esters is 1. The quantitative estimate of drug-likeness (QED) is 0.462. The van der Waals surface area contributed by atoms with Crippen LogP contribution in [0.1, 0.15) is 21.5 Å². The van der Waals surface area contributed by atoms with Crippen molar-refractivity contribution in [3.8, 4) is 0 Å². The van der Waals surface area contributed by atoms with Gasteiger partial charge in [-0.3, -0.25) is 4.79 Å². The number of nitrogens with one attached hydrogen (secondary N) is 1. The number of ether oxygens (including phenoxy) is 1. The number of nitrogens with two attached hydrogens (primary N) is 2. The van der Waals surface area contributed by atoms with Crippen molar-refractivity contribution in [3.05, 3.63) is 59.2 Å². The van der Waals surface area contributed by atoms with Crippen LogP contribution in [0.4, 0.5) is 0 Å². The molecular formula is C18H21N3O7S2. The van der Waals surface area contributed by atoms with Crippen LogP contribution in [0.3, 0.4) is 0 Å². The van der Waals surface area contributed by atoms with Gasteiger partial charge in [0.05, 0.1) is 15.4 Å². The first-order valence-corrected chi connectivity index (χ1v) is 11.7. The first kappa shape index (κ1) is 23.5. The van der Waals surface area contributed by atoms with Crippen molar-refractivity contribution in [2.75, 3.05) is 13.2 Å². The number of amides is 1. The summed E-state index contributed by atoms with van der Waals surface area (Å²) in [6.07, 6.45) is 0.417. The first-order valence-electron chi connectivity index (χ1n) is 8.57. The van der Waals surface area contributed by atoms with Crippen molar-refractivity contribution >= 4 is 31.9 Å². The number of carbonyl (C=O) groups excluding carboxylic acids is 2. The van der Waals surface area contributed by atoms with Crippen LogP contribution in [-0.4, -0.2) is 41.9 Å². The minimum absolute atomic E-state index is 0.0103. The first-order chi connectivity index (χ1) is 13.9.